The van der Waals surface area contributed by atoms with Crippen molar-refractivity contribution in [2.75, 3.05) is 7.11 Å². The van der Waals surface area contributed by atoms with Crippen LogP contribution in [0.25, 0.3) is 21.9 Å². The lowest BCUT2D eigenvalue weighted by Gasteiger charge is -2.07. The van der Waals surface area contributed by atoms with E-state index in [1.54, 1.807) is 25.7 Å². The van der Waals surface area contributed by atoms with Gasteiger partial charge >= 0.3 is 0 Å². The topological polar surface area (TPSA) is 55.0 Å². The highest BCUT2D eigenvalue weighted by Gasteiger charge is 2.06. The van der Waals surface area contributed by atoms with E-state index in [4.69, 9.17) is 4.74 Å². The second kappa shape index (κ2) is 4.57. The summed E-state index contributed by atoms with van der Waals surface area (Å²) in [5.41, 5.74) is 1.87. The molecule has 0 aliphatic heterocycles. The van der Waals surface area contributed by atoms with Gasteiger partial charge in [-0.15, -0.1) is 0 Å². The molecule has 3 rings (SSSR count). The Morgan fingerprint density at radius 3 is 2.63 bits per heavy atom. The van der Waals surface area contributed by atoms with Gasteiger partial charge in [0.05, 0.1) is 12.5 Å². The van der Waals surface area contributed by atoms with Crippen LogP contribution in [0.5, 0.6) is 5.75 Å². The minimum atomic E-state index is -0.125. The Morgan fingerprint density at radius 1 is 1.11 bits per heavy atom. The first-order chi connectivity index (χ1) is 9.29. The summed E-state index contributed by atoms with van der Waals surface area (Å²) in [6.07, 6.45) is 5.00. The molecule has 0 saturated heterocycles. The average Bonchev–Trinajstić information content (AvgIpc) is 2.48. The summed E-state index contributed by atoms with van der Waals surface area (Å²) in [5.74, 6) is 0.805. The fourth-order valence-electron chi connectivity index (χ4n) is 2.11. The molecule has 3 aromatic rings. The molecule has 0 saturated carbocycles. The molecule has 94 valence electrons. The highest BCUT2D eigenvalue weighted by molar-refractivity contribution is 5.95. The van der Waals surface area contributed by atoms with Crippen LogP contribution in [-0.2, 0) is 0 Å². The normalized spacial score (nSPS) is 10.6. The molecular formula is C15H12N2O2. The molecule has 4 nitrogen and oxygen atoms in total. The Bertz CT molecular complexity index is 776. The van der Waals surface area contributed by atoms with Gasteiger partial charge in [-0.1, -0.05) is 12.1 Å². The van der Waals surface area contributed by atoms with E-state index in [-0.39, 0.29) is 5.56 Å². The van der Waals surface area contributed by atoms with E-state index in [1.165, 1.54) is 0 Å². The van der Waals surface area contributed by atoms with Gasteiger partial charge in [0.2, 0.25) is 0 Å². The van der Waals surface area contributed by atoms with Crippen LogP contribution in [0, 0.1) is 0 Å². The Balaban J connectivity index is 2.24. The molecule has 0 aliphatic rings. The second-order valence-corrected chi connectivity index (χ2v) is 4.18. The summed E-state index contributed by atoms with van der Waals surface area (Å²) >= 11 is 0. The lowest BCUT2D eigenvalue weighted by Crippen LogP contribution is -2.06. The second-order valence-electron chi connectivity index (χ2n) is 4.18. The van der Waals surface area contributed by atoms with Crippen molar-refractivity contribution in [2.45, 2.75) is 0 Å². The molecule has 0 bridgehead atoms. The largest absolute Gasteiger partial charge is 0.497 e. The third-order valence-electron chi connectivity index (χ3n) is 3.10. The standard InChI is InChI=1S/C15H12N2O2/c1-19-11-4-2-10(3-5-11)13-9-17-15(18)14-8-16-7-6-12(13)14/h2-9H,1H3,(H,17,18). The van der Waals surface area contributed by atoms with Crippen LogP contribution in [0.15, 0.2) is 53.7 Å². The van der Waals surface area contributed by atoms with E-state index in [0.29, 0.717) is 5.39 Å². The van der Waals surface area contributed by atoms with Gasteiger partial charge in [0.1, 0.15) is 5.75 Å². The van der Waals surface area contributed by atoms with Crippen LogP contribution in [-0.4, -0.2) is 17.1 Å². The molecule has 0 atom stereocenters. The molecule has 0 fully saturated rings. The summed E-state index contributed by atoms with van der Waals surface area (Å²) in [7, 11) is 1.63. The smallest absolute Gasteiger partial charge is 0.257 e. The first kappa shape index (κ1) is 11.5. The van der Waals surface area contributed by atoms with Gasteiger partial charge in [-0.05, 0) is 29.1 Å². The first-order valence-corrected chi connectivity index (χ1v) is 5.89. The van der Waals surface area contributed by atoms with Gasteiger partial charge in [-0.3, -0.25) is 9.78 Å². The molecule has 0 unspecified atom stereocenters. The van der Waals surface area contributed by atoms with Crippen molar-refractivity contribution in [1.29, 1.82) is 0 Å². The number of methoxy groups -OCH3 is 1. The summed E-state index contributed by atoms with van der Waals surface area (Å²) in [4.78, 5) is 18.5. The molecule has 1 aromatic carbocycles. The van der Waals surface area contributed by atoms with Crippen molar-refractivity contribution in [3.8, 4) is 16.9 Å². The predicted molar refractivity (Wildman–Crippen MR) is 74.4 cm³/mol. The van der Waals surface area contributed by atoms with Crippen LogP contribution in [0.3, 0.4) is 0 Å². The summed E-state index contributed by atoms with van der Waals surface area (Å²) in [5, 5.41) is 1.49. The highest BCUT2D eigenvalue weighted by Crippen LogP contribution is 2.27. The van der Waals surface area contributed by atoms with Gasteiger partial charge < -0.3 is 9.72 Å². The number of hydrogen-bond acceptors (Lipinski definition) is 3. The zero-order valence-electron chi connectivity index (χ0n) is 10.4. The minimum Gasteiger partial charge on any atom is -0.497 e. The van der Waals surface area contributed by atoms with Crippen LogP contribution in [0.2, 0.25) is 0 Å². The summed E-state index contributed by atoms with van der Waals surface area (Å²) in [6, 6.07) is 9.57. The van der Waals surface area contributed by atoms with Crippen LogP contribution >= 0.6 is 0 Å². The van der Waals surface area contributed by atoms with Crippen LogP contribution in [0.1, 0.15) is 0 Å². The lowest BCUT2D eigenvalue weighted by molar-refractivity contribution is 0.415. The number of nitrogens with one attached hydrogen (secondary N) is 1. The van der Waals surface area contributed by atoms with E-state index in [1.807, 2.05) is 30.3 Å². The Morgan fingerprint density at radius 2 is 1.89 bits per heavy atom. The number of rotatable bonds is 2. The first-order valence-electron chi connectivity index (χ1n) is 5.89. The van der Waals surface area contributed by atoms with Crippen molar-refractivity contribution in [1.82, 2.24) is 9.97 Å². The van der Waals surface area contributed by atoms with Crippen molar-refractivity contribution in [3.05, 3.63) is 59.3 Å². The number of pyridine rings is 2. The van der Waals surface area contributed by atoms with Gasteiger partial charge in [-0.25, -0.2) is 0 Å². The van der Waals surface area contributed by atoms with Crippen molar-refractivity contribution < 1.29 is 4.74 Å². The minimum absolute atomic E-state index is 0.125. The van der Waals surface area contributed by atoms with E-state index in [2.05, 4.69) is 9.97 Å². The third-order valence-corrected chi connectivity index (χ3v) is 3.10. The summed E-state index contributed by atoms with van der Waals surface area (Å²) < 4.78 is 5.14. The van der Waals surface area contributed by atoms with Crippen LogP contribution < -0.4 is 10.3 Å². The molecule has 0 spiro atoms. The summed E-state index contributed by atoms with van der Waals surface area (Å²) in [6.45, 7) is 0. The molecule has 0 radical (unpaired) electrons. The zero-order chi connectivity index (χ0) is 13.2. The molecule has 4 heteroatoms. The van der Waals surface area contributed by atoms with Gasteiger partial charge in [-0.2, -0.15) is 0 Å². The maximum atomic E-state index is 11.7. The number of aromatic nitrogens is 2. The van der Waals surface area contributed by atoms with E-state index >= 15 is 0 Å². The van der Waals surface area contributed by atoms with Crippen molar-refractivity contribution in [3.63, 3.8) is 0 Å². The monoisotopic (exact) mass is 252 g/mol. The third kappa shape index (κ3) is 1.97. The fraction of sp³-hybridized carbons (Fsp3) is 0.0667. The van der Waals surface area contributed by atoms with Crippen LogP contribution in [0.4, 0.5) is 0 Å². The number of ether oxygens (including phenoxy) is 1. The van der Waals surface area contributed by atoms with E-state index in [9.17, 15) is 4.79 Å². The number of nitrogens with zero attached hydrogens (tertiary/aromatic N) is 1. The Labute approximate surface area is 109 Å². The quantitative estimate of drug-likeness (QED) is 0.762. The van der Waals surface area contributed by atoms with Crippen molar-refractivity contribution in [2.24, 2.45) is 0 Å². The Kier molecular flexibility index (Phi) is 2.76. The molecule has 2 heterocycles. The number of fused-ring (bicyclic) bond motifs is 1. The van der Waals surface area contributed by atoms with E-state index < -0.39 is 0 Å². The van der Waals surface area contributed by atoms with E-state index in [0.717, 1.165) is 22.3 Å². The maximum Gasteiger partial charge on any atom is 0.257 e. The predicted octanol–water partition coefficient (Wildman–Crippen LogP) is 2.60. The number of aromatic amines is 1. The van der Waals surface area contributed by atoms with Gasteiger partial charge in [0.15, 0.2) is 0 Å². The molecule has 19 heavy (non-hydrogen) atoms. The molecule has 0 aliphatic carbocycles. The SMILES string of the molecule is COc1ccc(-c2c[nH]c(=O)c3cnccc23)cc1. The zero-order valence-corrected chi connectivity index (χ0v) is 10.4. The Hall–Kier alpha value is -2.62. The number of benzene rings is 1. The van der Waals surface area contributed by atoms with Gasteiger partial charge in [0.25, 0.3) is 5.56 Å². The molecule has 2 aromatic heterocycles. The maximum absolute atomic E-state index is 11.7. The lowest BCUT2D eigenvalue weighted by atomic mass is 10.0. The highest BCUT2D eigenvalue weighted by atomic mass is 16.5. The average molecular weight is 252 g/mol. The molecular weight excluding hydrogens is 240 g/mol. The molecule has 0 amide bonds. The van der Waals surface area contributed by atoms with Gasteiger partial charge in [0, 0.05) is 24.2 Å². The molecule has 1 N–H and O–H groups in total. The number of H-pyrrole nitrogens is 1. The fourth-order valence-corrected chi connectivity index (χ4v) is 2.11. The number of hydrogen-bond donors (Lipinski definition) is 1. The van der Waals surface area contributed by atoms with Crippen molar-refractivity contribution >= 4 is 10.8 Å².